The van der Waals surface area contributed by atoms with Gasteiger partial charge in [-0.3, -0.25) is 0 Å². The number of aryl methyl sites for hydroxylation is 1. The van der Waals surface area contributed by atoms with Crippen molar-refractivity contribution in [2.75, 3.05) is 11.9 Å². The first-order valence-electron chi connectivity index (χ1n) is 8.42. The van der Waals surface area contributed by atoms with Crippen LogP contribution in [-0.4, -0.2) is 24.7 Å². The Morgan fingerprint density at radius 2 is 1.96 bits per heavy atom. The van der Waals surface area contributed by atoms with Crippen LogP contribution in [0.2, 0.25) is 0 Å². The minimum atomic E-state index is 0. The molecular weight excluding hydrogens is 401 g/mol. The molecule has 4 nitrogen and oxygen atoms in total. The molecule has 3 rings (SSSR count). The van der Waals surface area contributed by atoms with Gasteiger partial charge in [0.25, 0.3) is 0 Å². The smallest absolute Gasteiger partial charge is 0.193 e. The summed E-state index contributed by atoms with van der Waals surface area (Å²) in [4.78, 5) is 4.77. The van der Waals surface area contributed by atoms with Crippen LogP contribution in [0.4, 0.5) is 5.69 Å². The molecule has 5 heteroatoms. The fourth-order valence-corrected chi connectivity index (χ4v) is 4.02. The average Bonchev–Trinajstić information content (AvgIpc) is 3.01. The number of rotatable bonds is 4. The highest BCUT2D eigenvalue weighted by Crippen LogP contribution is 2.56. The van der Waals surface area contributed by atoms with Gasteiger partial charge in [-0.15, -0.1) is 24.0 Å². The van der Waals surface area contributed by atoms with Crippen LogP contribution >= 0.6 is 24.0 Å². The lowest BCUT2D eigenvalue weighted by atomic mass is 9.61. The maximum Gasteiger partial charge on any atom is 0.193 e. The van der Waals surface area contributed by atoms with Crippen molar-refractivity contribution in [3.05, 3.63) is 29.8 Å². The van der Waals surface area contributed by atoms with Crippen molar-refractivity contribution in [3.8, 4) is 0 Å². The van der Waals surface area contributed by atoms with E-state index in [0.29, 0.717) is 18.1 Å². The molecule has 1 spiro atoms. The lowest BCUT2D eigenvalue weighted by Gasteiger charge is -2.52. The van der Waals surface area contributed by atoms with E-state index in [1.807, 2.05) is 12.1 Å². The molecule has 2 aliphatic rings. The summed E-state index contributed by atoms with van der Waals surface area (Å²) in [6, 6.07) is 8.52. The highest BCUT2D eigenvalue weighted by Gasteiger charge is 2.56. The Kier molecular flexibility index (Phi) is 6.31. The number of guanidine groups is 1. The molecule has 2 atom stereocenters. The lowest BCUT2D eigenvalue weighted by molar-refractivity contribution is -0.119. The Labute approximate surface area is 156 Å². The highest BCUT2D eigenvalue weighted by molar-refractivity contribution is 14.0. The maximum atomic E-state index is 6.12. The zero-order valence-electron chi connectivity index (χ0n) is 14.0. The van der Waals surface area contributed by atoms with Crippen LogP contribution in [0.5, 0.6) is 0 Å². The van der Waals surface area contributed by atoms with E-state index in [9.17, 15) is 0 Å². The van der Waals surface area contributed by atoms with Gasteiger partial charge in [-0.2, -0.15) is 0 Å². The molecule has 0 bridgehead atoms. The van der Waals surface area contributed by atoms with Gasteiger partial charge in [-0.05, 0) is 45.2 Å². The van der Waals surface area contributed by atoms with E-state index in [4.69, 9.17) is 15.5 Å². The number of nitrogens with two attached hydrogens (primary N) is 1. The first kappa shape index (κ1) is 18.5. The predicted octanol–water partition coefficient (Wildman–Crippen LogP) is 4.08. The third kappa shape index (κ3) is 3.82. The quantitative estimate of drug-likeness (QED) is 0.431. The molecule has 128 valence electrons. The number of hydrogen-bond donors (Lipinski definition) is 2. The number of hydrogen-bond acceptors (Lipinski definition) is 2. The molecule has 1 aromatic carbocycles. The Morgan fingerprint density at radius 3 is 2.57 bits per heavy atom. The first-order chi connectivity index (χ1) is 10.6. The van der Waals surface area contributed by atoms with Crippen molar-refractivity contribution in [2.24, 2.45) is 16.1 Å². The van der Waals surface area contributed by atoms with Gasteiger partial charge in [-0.1, -0.05) is 30.5 Å². The summed E-state index contributed by atoms with van der Waals surface area (Å²) in [6.45, 7) is 4.94. The summed E-state index contributed by atoms with van der Waals surface area (Å²) in [7, 11) is 0. The summed E-state index contributed by atoms with van der Waals surface area (Å²) in [5.74, 6) is 0.523. The molecule has 0 amide bonds. The Hall–Kier alpha value is -0.820. The maximum absolute atomic E-state index is 6.12. The van der Waals surface area contributed by atoms with Crippen molar-refractivity contribution in [3.63, 3.8) is 0 Å². The Morgan fingerprint density at radius 1 is 1.30 bits per heavy atom. The Balaban J connectivity index is 0.00000192. The third-order valence-electron chi connectivity index (χ3n) is 5.26. The van der Waals surface area contributed by atoms with Gasteiger partial charge >= 0.3 is 0 Å². The van der Waals surface area contributed by atoms with Gasteiger partial charge < -0.3 is 15.8 Å². The van der Waals surface area contributed by atoms with E-state index in [1.165, 1.54) is 31.2 Å². The monoisotopic (exact) mass is 429 g/mol. The number of benzene rings is 1. The Bertz CT molecular complexity index is 538. The number of ether oxygens (including phenoxy) is 1. The summed E-state index contributed by atoms with van der Waals surface area (Å²) < 4.78 is 5.93. The summed E-state index contributed by atoms with van der Waals surface area (Å²) in [6.07, 6.45) is 6.42. The molecule has 23 heavy (non-hydrogen) atoms. The van der Waals surface area contributed by atoms with Gasteiger partial charge in [-0.25, -0.2) is 4.99 Å². The van der Waals surface area contributed by atoms with Crippen LogP contribution in [0.1, 0.15) is 44.6 Å². The molecule has 1 aromatic rings. The van der Waals surface area contributed by atoms with Crippen molar-refractivity contribution in [1.29, 1.82) is 0 Å². The zero-order chi connectivity index (χ0) is 15.6. The number of aliphatic imine (C=N–C) groups is 1. The normalized spacial score (nSPS) is 25.7. The molecule has 0 saturated heterocycles. The van der Waals surface area contributed by atoms with Crippen LogP contribution in [0, 0.1) is 12.3 Å². The fourth-order valence-electron chi connectivity index (χ4n) is 4.02. The predicted molar refractivity (Wildman–Crippen MR) is 107 cm³/mol. The molecule has 2 saturated carbocycles. The molecule has 0 aliphatic heterocycles. The number of anilines is 1. The van der Waals surface area contributed by atoms with Crippen LogP contribution in [-0.2, 0) is 4.74 Å². The molecule has 3 N–H and O–H groups in total. The van der Waals surface area contributed by atoms with Crippen molar-refractivity contribution in [2.45, 2.75) is 58.1 Å². The van der Waals surface area contributed by atoms with Gasteiger partial charge in [0.15, 0.2) is 5.96 Å². The second-order valence-electron chi connectivity index (χ2n) is 6.64. The molecule has 2 unspecified atom stereocenters. The molecule has 2 aliphatic carbocycles. The van der Waals surface area contributed by atoms with E-state index in [0.717, 1.165) is 18.7 Å². The number of nitrogens with one attached hydrogen (secondary N) is 1. The first-order valence-corrected chi connectivity index (χ1v) is 8.42. The van der Waals surface area contributed by atoms with Crippen LogP contribution in [0.15, 0.2) is 29.3 Å². The summed E-state index contributed by atoms with van der Waals surface area (Å²) >= 11 is 0. The van der Waals surface area contributed by atoms with Crippen LogP contribution in [0.25, 0.3) is 0 Å². The molecule has 0 radical (unpaired) electrons. The van der Waals surface area contributed by atoms with Crippen molar-refractivity contribution in [1.82, 2.24) is 0 Å². The van der Waals surface area contributed by atoms with Crippen molar-refractivity contribution < 1.29 is 4.74 Å². The highest BCUT2D eigenvalue weighted by atomic mass is 127. The van der Waals surface area contributed by atoms with Crippen molar-refractivity contribution >= 4 is 35.6 Å². The molecule has 0 heterocycles. The minimum absolute atomic E-state index is 0. The number of halogens is 1. The summed E-state index contributed by atoms with van der Waals surface area (Å²) in [5.41, 5.74) is 8.60. The molecule has 0 aromatic heterocycles. The van der Waals surface area contributed by atoms with Gasteiger partial charge in [0.2, 0.25) is 0 Å². The van der Waals surface area contributed by atoms with E-state index in [-0.39, 0.29) is 29.4 Å². The largest absolute Gasteiger partial charge is 0.378 e. The second-order valence-corrected chi connectivity index (χ2v) is 6.64. The number of nitrogens with zero attached hydrogens (tertiary/aromatic N) is 1. The standard InChI is InChI=1S/C18H27N3O.HI/c1-3-22-16-12-15(18(16)10-4-5-11-18)21-17(19)20-14-8-6-13(2)7-9-14;/h6-9,15-16H,3-5,10-12H2,1-2H3,(H3,19,20,21);1H. The lowest BCUT2D eigenvalue weighted by Crippen LogP contribution is -2.56. The van der Waals surface area contributed by atoms with Gasteiger partial charge in [0.05, 0.1) is 12.1 Å². The minimum Gasteiger partial charge on any atom is -0.378 e. The average molecular weight is 429 g/mol. The SMILES string of the molecule is CCOC1CC(N=C(N)Nc2ccc(C)cc2)C12CCCC2.I. The van der Waals surface area contributed by atoms with Crippen LogP contribution < -0.4 is 11.1 Å². The summed E-state index contributed by atoms with van der Waals surface area (Å²) in [5, 5.41) is 3.21. The van der Waals surface area contributed by atoms with Gasteiger partial charge in [0, 0.05) is 17.7 Å². The van der Waals surface area contributed by atoms with E-state index in [1.54, 1.807) is 0 Å². The van der Waals surface area contributed by atoms with Gasteiger partial charge in [0.1, 0.15) is 0 Å². The third-order valence-corrected chi connectivity index (χ3v) is 5.26. The topological polar surface area (TPSA) is 59.6 Å². The molecule has 2 fully saturated rings. The van der Waals surface area contributed by atoms with E-state index in [2.05, 4.69) is 31.3 Å². The van der Waals surface area contributed by atoms with E-state index < -0.39 is 0 Å². The van der Waals surface area contributed by atoms with E-state index >= 15 is 0 Å². The zero-order valence-corrected chi connectivity index (χ0v) is 16.4. The van der Waals surface area contributed by atoms with Crippen LogP contribution in [0.3, 0.4) is 0 Å². The second kappa shape index (κ2) is 7.83. The fraction of sp³-hybridized carbons (Fsp3) is 0.611. The molecular formula is C18H28IN3O.